The average Bonchev–Trinajstić information content (AvgIpc) is 2.98. The first kappa shape index (κ1) is 20.4. The summed E-state index contributed by atoms with van der Waals surface area (Å²) in [6, 6.07) is 11.9. The molecule has 6 heteroatoms. The van der Waals surface area contributed by atoms with Gasteiger partial charge in [-0.25, -0.2) is 0 Å². The summed E-state index contributed by atoms with van der Waals surface area (Å²) in [6.07, 6.45) is 4.40. The highest BCUT2D eigenvalue weighted by atomic mass is 35.5. The topological polar surface area (TPSA) is 59.2 Å². The number of nitrogens with zero attached hydrogens (tertiary/aromatic N) is 2. The zero-order chi connectivity index (χ0) is 15.6. The Labute approximate surface area is 155 Å². The Morgan fingerprint density at radius 1 is 1.21 bits per heavy atom. The van der Waals surface area contributed by atoms with Crippen molar-refractivity contribution in [2.24, 2.45) is 11.1 Å². The van der Waals surface area contributed by atoms with Crippen LogP contribution in [0.5, 0.6) is 0 Å². The third-order valence-electron chi connectivity index (χ3n) is 4.43. The molecule has 1 unspecified atom stereocenters. The number of amides is 1. The van der Waals surface area contributed by atoms with Gasteiger partial charge in [0.05, 0.1) is 5.56 Å². The summed E-state index contributed by atoms with van der Waals surface area (Å²) in [5.41, 5.74) is 8.53. The van der Waals surface area contributed by atoms with Gasteiger partial charge in [-0.2, -0.15) is 0 Å². The first-order valence-electron chi connectivity index (χ1n) is 7.61. The van der Waals surface area contributed by atoms with Gasteiger partial charge in [-0.15, -0.1) is 24.8 Å². The number of hydrogen-bond donors (Lipinski definition) is 1. The van der Waals surface area contributed by atoms with Crippen molar-refractivity contribution in [3.63, 3.8) is 0 Å². The maximum absolute atomic E-state index is 12.7. The van der Waals surface area contributed by atoms with Gasteiger partial charge in [-0.3, -0.25) is 9.78 Å². The van der Waals surface area contributed by atoms with Crippen LogP contribution in [-0.2, 0) is 0 Å². The Kier molecular flexibility index (Phi) is 7.21. The molecule has 3 rings (SSSR count). The third-order valence-corrected chi connectivity index (χ3v) is 4.43. The van der Waals surface area contributed by atoms with Crippen LogP contribution in [0.2, 0.25) is 0 Å². The molecule has 0 bridgehead atoms. The summed E-state index contributed by atoms with van der Waals surface area (Å²) in [7, 11) is 0. The van der Waals surface area contributed by atoms with Crippen molar-refractivity contribution in [2.75, 3.05) is 19.6 Å². The monoisotopic (exact) mass is 367 g/mol. The zero-order valence-electron chi connectivity index (χ0n) is 13.6. The first-order valence-corrected chi connectivity index (χ1v) is 7.61. The van der Waals surface area contributed by atoms with E-state index in [-0.39, 0.29) is 36.1 Å². The highest BCUT2D eigenvalue weighted by Gasteiger charge is 2.35. The van der Waals surface area contributed by atoms with Crippen LogP contribution in [-0.4, -0.2) is 35.4 Å². The van der Waals surface area contributed by atoms with E-state index in [0.29, 0.717) is 12.1 Å². The van der Waals surface area contributed by atoms with Gasteiger partial charge >= 0.3 is 0 Å². The van der Waals surface area contributed by atoms with Crippen molar-refractivity contribution < 1.29 is 4.79 Å². The van der Waals surface area contributed by atoms with E-state index in [9.17, 15) is 4.79 Å². The first-order chi connectivity index (χ1) is 10.6. The number of carbonyl (C=O) groups excluding carboxylic acids is 1. The minimum atomic E-state index is 0. The van der Waals surface area contributed by atoms with E-state index >= 15 is 0 Å². The predicted octanol–water partition coefficient (Wildman–Crippen LogP) is 3.40. The number of rotatable bonds is 3. The van der Waals surface area contributed by atoms with Gasteiger partial charge in [0.1, 0.15) is 0 Å². The lowest BCUT2D eigenvalue weighted by molar-refractivity contribution is 0.0776. The molecule has 4 nitrogen and oxygen atoms in total. The van der Waals surface area contributed by atoms with Crippen LogP contribution in [0.4, 0.5) is 0 Å². The molecule has 2 heterocycles. The summed E-state index contributed by atoms with van der Waals surface area (Å²) >= 11 is 0. The van der Waals surface area contributed by atoms with Crippen LogP contribution in [0.25, 0.3) is 11.1 Å². The van der Waals surface area contributed by atoms with Gasteiger partial charge < -0.3 is 10.6 Å². The number of nitrogens with two attached hydrogens (primary N) is 1. The SMILES string of the molecule is CC1(CN)CCN(C(=O)c2cncc(-c3ccccc3)c2)C1.Cl.Cl. The van der Waals surface area contributed by atoms with Gasteiger partial charge in [-0.1, -0.05) is 37.3 Å². The molecule has 130 valence electrons. The van der Waals surface area contributed by atoms with Crippen molar-refractivity contribution in [1.82, 2.24) is 9.88 Å². The Hall–Kier alpha value is -1.62. The highest BCUT2D eigenvalue weighted by Crippen LogP contribution is 2.29. The maximum Gasteiger partial charge on any atom is 0.255 e. The van der Waals surface area contributed by atoms with E-state index in [4.69, 9.17) is 5.73 Å². The molecule has 1 amide bonds. The maximum atomic E-state index is 12.7. The standard InChI is InChI=1S/C18H21N3O.2ClH/c1-18(12-19)7-8-21(13-18)17(22)16-9-15(10-20-11-16)14-5-3-2-4-6-14;;/h2-6,9-11H,7-8,12-13,19H2,1H3;2*1H. The average molecular weight is 368 g/mol. The molecule has 1 aromatic carbocycles. The number of carbonyl (C=O) groups is 1. The predicted molar refractivity (Wildman–Crippen MR) is 102 cm³/mol. The Balaban J connectivity index is 0.00000144. The number of benzene rings is 1. The van der Waals surface area contributed by atoms with E-state index in [1.54, 1.807) is 12.4 Å². The van der Waals surface area contributed by atoms with Crippen LogP contribution in [0.3, 0.4) is 0 Å². The third kappa shape index (κ3) is 4.26. The van der Waals surface area contributed by atoms with Crippen molar-refractivity contribution in [3.05, 3.63) is 54.4 Å². The minimum absolute atomic E-state index is 0. The quantitative estimate of drug-likeness (QED) is 0.903. The number of likely N-dealkylation sites (tertiary alicyclic amines) is 1. The van der Waals surface area contributed by atoms with Crippen LogP contribution in [0.15, 0.2) is 48.8 Å². The molecule has 1 aromatic heterocycles. The second kappa shape index (κ2) is 8.47. The minimum Gasteiger partial charge on any atom is -0.338 e. The molecule has 1 aliphatic heterocycles. The van der Waals surface area contributed by atoms with Crippen LogP contribution in [0.1, 0.15) is 23.7 Å². The van der Waals surface area contributed by atoms with E-state index in [0.717, 1.165) is 30.6 Å². The molecule has 0 spiro atoms. The van der Waals surface area contributed by atoms with Gasteiger partial charge in [0, 0.05) is 31.0 Å². The van der Waals surface area contributed by atoms with Gasteiger partial charge in [0.15, 0.2) is 0 Å². The molecule has 1 atom stereocenters. The lowest BCUT2D eigenvalue weighted by atomic mass is 9.90. The Morgan fingerprint density at radius 3 is 2.54 bits per heavy atom. The van der Waals surface area contributed by atoms with Crippen molar-refractivity contribution in [2.45, 2.75) is 13.3 Å². The fourth-order valence-corrected chi connectivity index (χ4v) is 2.89. The number of halogens is 2. The van der Waals surface area contributed by atoms with Gasteiger partial charge in [-0.05, 0) is 30.0 Å². The molecule has 1 saturated heterocycles. The summed E-state index contributed by atoms with van der Waals surface area (Å²) in [5, 5.41) is 0. The second-order valence-corrected chi connectivity index (χ2v) is 6.32. The molecule has 2 N–H and O–H groups in total. The molecule has 0 aliphatic carbocycles. The van der Waals surface area contributed by atoms with Crippen LogP contribution < -0.4 is 5.73 Å². The van der Waals surface area contributed by atoms with Gasteiger partial charge in [0.25, 0.3) is 5.91 Å². The molecule has 24 heavy (non-hydrogen) atoms. The molecule has 0 radical (unpaired) electrons. The molecule has 1 fully saturated rings. The van der Waals surface area contributed by atoms with E-state index in [1.165, 1.54) is 0 Å². The molecule has 0 saturated carbocycles. The zero-order valence-corrected chi connectivity index (χ0v) is 15.3. The second-order valence-electron chi connectivity index (χ2n) is 6.32. The Morgan fingerprint density at radius 2 is 1.92 bits per heavy atom. The summed E-state index contributed by atoms with van der Waals surface area (Å²) in [4.78, 5) is 18.8. The molecule has 1 aliphatic rings. The van der Waals surface area contributed by atoms with E-state index in [2.05, 4.69) is 11.9 Å². The lowest BCUT2D eigenvalue weighted by Crippen LogP contribution is -2.34. The molecular weight excluding hydrogens is 345 g/mol. The van der Waals surface area contributed by atoms with Crippen molar-refractivity contribution >= 4 is 30.7 Å². The number of pyridine rings is 1. The lowest BCUT2D eigenvalue weighted by Gasteiger charge is -2.22. The van der Waals surface area contributed by atoms with E-state index in [1.807, 2.05) is 41.3 Å². The molecule has 2 aromatic rings. The summed E-state index contributed by atoms with van der Waals surface area (Å²) < 4.78 is 0. The summed E-state index contributed by atoms with van der Waals surface area (Å²) in [5.74, 6) is 0.0439. The fourth-order valence-electron chi connectivity index (χ4n) is 2.89. The van der Waals surface area contributed by atoms with Crippen LogP contribution in [0, 0.1) is 5.41 Å². The normalized spacial score (nSPS) is 19.3. The van der Waals surface area contributed by atoms with E-state index < -0.39 is 0 Å². The Bertz CT molecular complexity index is 681. The highest BCUT2D eigenvalue weighted by molar-refractivity contribution is 5.95. The van der Waals surface area contributed by atoms with Crippen LogP contribution >= 0.6 is 24.8 Å². The summed E-state index contributed by atoms with van der Waals surface area (Å²) in [6.45, 7) is 4.23. The van der Waals surface area contributed by atoms with Crippen molar-refractivity contribution in [1.29, 1.82) is 0 Å². The number of hydrogen-bond acceptors (Lipinski definition) is 3. The largest absolute Gasteiger partial charge is 0.338 e. The fraction of sp³-hybridized carbons (Fsp3) is 0.333. The van der Waals surface area contributed by atoms with Gasteiger partial charge in [0.2, 0.25) is 0 Å². The smallest absolute Gasteiger partial charge is 0.255 e. The number of aromatic nitrogens is 1. The molecular formula is C18H23Cl2N3O. The van der Waals surface area contributed by atoms with Crippen molar-refractivity contribution in [3.8, 4) is 11.1 Å².